The maximum Gasteiger partial charge on any atom is 0.289 e. The highest BCUT2D eigenvalue weighted by molar-refractivity contribution is 7.99. The number of hydrogen-bond acceptors (Lipinski definition) is 8. The van der Waals surface area contributed by atoms with Crippen molar-refractivity contribution in [1.82, 2.24) is 9.71 Å². The van der Waals surface area contributed by atoms with E-state index >= 15 is 0 Å². The number of nitro benzene ring substituents is 1. The molecule has 0 aliphatic carbocycles. The summed E-state index contributed by atoms with van der Waals surface area (Å²) in [4.78, 5) is 17.6. The third kappa shape index (κ3) is 5.96. The van der Waals surface area contributed by atoms with Gasteiger partial charge in [0.25, 0.3) is 5.69 Å². The molecule has 0 amide bonds. The number of rotatable bonds is 11. The van der Waals surface area contributed by atoms with Gasteiger partial charge in [0.2, 0.25) is 10.0 Å². The standard InChI is InChI=1S/C23H26N4O4S3/c28-27(29)18-10-4-6-12-21(18)34(30,31)25-15-8-2-1-7-14-24-23-26-22-17-9-3-5-11-19(17)32-16-13-20(22)33-23/h3-6,9-12,25H,1-2,7-8,13-16H2,(H,24,26). The van der Waals surface area contributed by atoms with Crippen molar-refractivity contribution in [1.29, 1.82) is 0 Å². The van der Waals surface area contributed by atoms with Crippen molar-refractivity contribution in [3.8, 4) is 11.3 Å². The molecule has 2 aromatic carbocycles. The predicted octanol–water partition coefficient (Wildman–Crippen LogP) is 5.32. The van der Waals surface area contributed by atoms with Crippen molar-refractivity contribution in [3.63, 3.8) is 0 Å². The molecule has 8 nitrogen and oxygen atoms in total. The van der Waals surface area contributed by atoms with Gasteiger partial charge in [-0.15, -0.1) is 23.1 Å². The summed E-state index contributed by atoms with van der Waals surface area (Å²) in [6.45, 7) is 1.06. The topological polar surface area (TPSA) is 114 Å². The molecule has 180 valence electrons. The second-order valence-corrected chi connectivity index (χ2v) is 11.8. The van der Waals surface area contributed by atoms with Crippen LogP contribution in [0, 0.1) is 10.1 Å². The van der Waals surface area contributed by atoms with Crippen LogP contribution in [0.5, 0.6) is 0 Å². The number of unbranched alkanes of at least 4 members (excludes halogenated alkanes) is 3. The van der Waals surface area contributed by atoms with Crippen LogP contribution >= 0.6 is 23.1 Å². The fraction of sp³-hybridized carbons (Fsp3) is 0.348. The fourth-order valence-corrected chi connectivity index (χ4v) is 7.16. The van der Waals surface area contributed by atoms with E-state index in [1.165, 1.54) is 39.6 Å². The Morgan fingerprint density at radius 2 is 1.74 bits per heavy atom. The summed E-state index contributed by atoms with van der Waals surface area (Å²) < 4.78 is 27.3. The molecule has 1 aliphatic rings. The minimum atomic E-state index is -3.91. The number of nitrogens with zero attached hydrogens (tertiary/aromatic N) is 2. The molecule has 0 spiro atoms. The van der Waals surface area contributed by atoms with E-state index in [1.807, 2.05) is 11.8 Å². The Morgan fingerprint density at radius 3 is 2.56 bits per heavy atom. The highest BCUT2D eigenvalue weighted by Crippen LogP contribution is 2.40. The van der Waals surface area contributed by atoms with Gasteiger partial charge in [-0.25, -0.2) is 18.1 Å². The number of aryl methyl sites for hydroxylation is 1. The summed E-state index contributed by atoms with van der Waals surface area (Å²) >= 11 is 3.61. The first kappa shape index (κ1) is 24.6. The van der Waals surface area contributed by atoms with E-state index < -0.39 is 20.6 Å². The average Bonchev–Trinajstić information content (AvgIpc) is 3.15. The number of benzene rings is 2. The first-order chi connectivity index (χ1) is 16.5. The quantitative estimate of drug-likeness (QED) is 0.201. The summed E-state index contributed by atoms with van der Waals surface area (Å²) in [5, 5.41) is 15.5. The molecule has 4 rings (SSSR count). The minimum absolute atomic E-state index is 0.248. The van der Waals surface area contributed by atoms with Crippen LogP contribution in [0.1, 0.15) is 30.6 Å². The summed E-state index contributed by atoms with van der Waals surface area (Å²) in [5.74, 6) is 1.06. The number of nitro groups is 1. The molecule has 1 aliphatic heterocycles. The maximum atomic E-state index is 12.4. The number of thioether (sulfide) groups is 1. The van der Waals surface area contributed by atoms with Crippen molar-refractivity contribution in [3.05, 3.63) is 63.5 Å². The van der Waals surface area contributed by atoms with Crippen molar-refractivity contribution < 1.29 is 13.3 Å². The first-order valence-electron chi connectivity index (χ1n) is 11.1. The Morgan fingerprint density at radius 1 is 1.00 bits per heavy atom. The van der Waals surface area contributed by atoms with E-state index in [2.05, 4.69) is 34.3 Å². The van der Waals surface area contributed by atoms with Gasteiger partial charge in [-0.3, -0.25) is 10.1 Å². The lowest BCUT2D eigenvalue weighted by Crippen LogP contribution is -2.25. The molecule has 11 heteroatoms. The van der Waals surface area contributed by atoms with Gasteiger partial charge in [0.15, 0.2) is 10.0 Å². The molecule has 0 saturated carbocycles. The molecule has 2 heterocycles. The summed E-state index contributed by atoms with van der Waals surface area (Å²) in [5.41, 5.74) is 1.90. The van der Waals surface area contributed by atoms with Crippen LogP contribution in [-0.2, 0) is 16.4 Å². The zero-order chi connectivity index (χ0) is 24.0. The van der Waals surface area contributed by atoms with Crippen molar-refractivity contribution in [2.45, 2.75) is 41.9 Å². The van der Waals surface area contributed by atoms with Crippen molar-refractivity contribution in [2.24, 2.45) is 0 Å². The lowest BCUT2D eigenvalue weighted by Gasteiger charge is -2.07. The van der Waals surface area contributed by atoms with E-state index in [0.717, 1.165) is 48.8 Å². The predicted molar refractivity (Wildman–Crippen MR) is 137 cm³/mol. The van der Waals surface area contributed by atoms with E-state index in [1.54, 1.807) is 11.3 Å². The molecular formula is C23H26N4O4S3. The second-order valence-electron chi connectivity index (χ2n) is 7.85. The number of aromatic nitrogens is 1. The highest BCUT2D eigenvalue weighted by Gasteiger charge is 2.24. The number of sulfonamides is 1. The maximum absolute atomic E-state index is 12.4. The SMILES string of the molecule is O=[N+]([O-])c1ccccc1S(=O)(=O)NCCCCCCNc1nc2c(s1)CCSc1ccccc1-2. The highest BCUT2D eigenvalue weighted by atomic mass is 32.2. The van der Waals surface area contributed by atoms with E-state index in [-0.39, 0.29) is 11.4 Å². The second kappa shape index (κ2) is 11.3. The molecule has 0 atom stereocenters. The number of anilines is 1. The number of thiazole rings is 1. The lowest BCUT2D eigenvalue weighted by atomic mass is 10.1. The van der Waals surface area contributed by atoms with Gasteiger partial charge >= 0.3 is 0 Å². The van der Waals surface area contributed by atoms with E-state index in [4.69, 9.17) is 4.98 Å². The fourth-order valence-electron chi connectivity index (χ4n) is 3.77. The van der Waals surface area contributed by atoms with Crippen LogP contribution in [0.3, 0.4) is 0 Å². The largest absolute Gasteiger partial charge is 0.361 e. The third-order valence-electron chi connectivity index (χ3n) is 5.45. The zero-order valence-electron chi connectivity index (χ0n) is 18.5. The van der Waals surface area contributed by atoms with Crippen LogP contribution in [0.15, 0.2) is 58.3 Å². The number of fused-ring (bicyclic) bond motifs is 3. The van der Waals surface area contributed by atoms with Gasteiger partial charge in [-0.05, 0) is 31.4 Å². The van der Waals surface area contributed by atoms with Crippen molar-refractivity contribution in [2.75, 3.05) is 24.2 Å². The summed E-state index contributed by atoms with van der Waals surface area (Å²) in [6, 6.07) is 13.8. The zero-order valence-corrected chi connectivity index (χ0v) is 21.0. The smallest absolute Gasteiger partial charge is 0.289 e. The van der Waals surface area contributed by atoms with Crippen LogP contribution in [0.2, 0.25) is 0 Å². The normalized spacial score (nSPS) is 13.1. The van der Waals surface area contributed by atoms with Gasteiger partial charge in [0.05, 0.1) is 10.6 Å². The van der Waals surface area contributed by atoms with E-state index in [9.17, 15) is 18.5 Å². The number of para-hydroxylation sites is 1. The van der Waals surface area contributed by atoms with Gasteiger partial charge in [-0.2, -0.15) is 0 Å². The third-order valence-corrected chi connectivity index (χ3v) is 9.11. The van der Waals surface area contributed by atoms with Gasteiger partial charge in [0, 0.05) is 40.2 Å². The first-order valence-corrected chi connectivity index (χ1v) is 14.4. The summed E-state index contributed by atoms with van der Waals surface area (Å²) in [6.07, 6.45) is 4.45. The molecule has 3 aromatic rings. The van der Waals surface area contributed by atoms with Crippen LogP contribution in [0.4, 0.5) is 10.8 Å². The Labute approximate surface area is 207 Å². The minimum Gasteiger partial charge on any atom is -0.361 e. The molecule has 0 saturated heterocycles. The van der Waals surface area contributed by atoms with Gasteiger partial charge in [-0.1, -0.05) is 43.2 Å². The monoisotopic (exact) mass is 518 g/mol. The molecular weight excluding hydrogens is 492 g/mol. The van der Waals surface area contributed by atoms with Gasteiger partial charge in [0.1, 0.15) is 0 Å². The van der Waals surface area contributed by atoms with Crippen molar-refractivity contribution >= 4 is 43.9 Å². The molecule has 0 radical (unpaired) electrons. The van der Waals surface area contributed by atoms with Crippen LogP contribution in [-0.4, -0.2) is 37.2 Å². The average molecular weight is 519 g/mol. The molecule has 0 bridgehead atoms. The van der Waals surface area contributed by atoms with E-state index in [0.29, 0.717) is 6.42 Å². The van der Waals surface area contributed by atoms with Gasteiger partial charge < -0.3 is 5.32 Å². The summed E-state index contributed by atoms with van der Waals surface area (Å²) in [7, 11) is -3.91. The molecule has 0 fully saturated rings. The molecule has 1 aromatic heterocycles. The Hall–Kier alpha value is -2.47. The Balaban J connectivity index is 1.18. The Kier molecular flexibility index (Phi) is 8.19. The van der Waals surface area contributed by atoms with Crippen LogP contribution < -0.4 is 10.0 Å². The number of nitrogens with one attached hydrogen (secondary N) is 2. The van der Waals surface area contributed by atoms with Crippen LogP contribution in [0.25, 0.3) is 11.3 Å². The molecule has 0 unspecified atom stereocenters. The molecule has 2 N–H and O–H groups in total. The molecule has 34 heavy (non-hydrogen) atoms. The number of hydrogen-bond donors (Lipinski definition) is 2. The Bertz CT molecular complexity index is 1260. The lowest BCUT2D eigenvalue weighted by molar-refractivity contribution is -0.387.